The van der Waals surface area contributed by atoms with Crippen molar-refractivity contribution in [2.45, 2.75) is 23.8 Å². The van der Waals surface area contributed by atoms with Gasteiger partial charge in [-0.15, -0.1) is 0 Å². The summed E-state index contributed by atoms with van der Waals surface area (Å²) in [7, 11) is -3.82. The zero-order valence-electron chi connectivity index (χ0n) is 15.3. The van der Waals surface area contributed by atoms with Gasteiger partial charge in [-0.2, -0.15) is 0 Å². The Balaban J connectivity index is 1.53. The summed E-state index contributed by atoms with van der Waals surface area (Å²) in [5.41, 5.74) is 0.766. The number of rotatable bonds is 4. The van der Waals surface area contributed by atoms with Crippen LogP contribution in [0.4, 0.5) is 5.69 Å². The number of nitrogens with zero attached hydrogens (tertiary/aromatic N) is 2. The number of halogens is 1. The van der Waals surface area contributed by atoms with E-state index in [2.05, 4.69) is 9.62 Å². The molecule has 0 aliphatic carbocycles. The van der Waals surface area contributed by atoms with E-state index in [0.29, 0.717) is 35.4 Å². The fraction of sp³-hybridized carbons (Fsp3) is 0.350. The minimum atomic E-state index is -3.82. The van der Waals surface area contributed by atoms with Gasteiger partial charge in [-0.05, 0) is 55.8 Å². The highest BCUT2D eigenvalue weighted by molar-refractivity contribution is 7.92. The van der Waals surface area contributed by atoms with Crippen molar-refractivity contribution in [3.63, 3.8) is 0 Å². The summed E-state index contributed by atoms with van der Waals surface area (Å²) in [5.74, 6) is -0.119. The first-order valence-corrected chi connectivity index (χ1v) is 11.2. The number of hydrogen-bond acceptors (Lipinski definition) is 4. The van der Waals surface area contributed by atoms with E-state index in [1.807, 2.05) is 4.90 Å². The number of piperazine rings is 1. The van der Waals surface area contributed by atoms with E-state index >= 15 is 0 Å². The van der Waals surface area contributed by atoms with Gasteiger partial charge in [0.2, 0.25) is 0 Å². The quantitative estimate of drug-likeness (QED) is 0.826. The molecule has 0 saturated carbocycles. The molecule has 1 N–H and O–H groups in total. The van der Waals surface area contributed by atoms with Crippen molar-refractivity contribution in [3.8, 4) is 0 Å². The van der Waals surface area contributed by atoms with Gasteiger partial charge < -0.3 is 4.90 Å². The third-order valence-electron chi connectivity index (χ3n) is 5.34. The second-order valence-electron chi connectivity index (χ2n) is 7.23. The fourth-order valence-corrected chi connectivity index (χ4v) is 5.21. The van der Waals surface area contributed by atoms with Crippen molar-refractivity contribution in [2.75, 3.05) is 30.9 Å². The highest BCUT2D eigenvalue weighted by Crippen LogP contribution is 2.24. The highest BCUT2D eigenvalue weighted by Gasteiger charge is 2.33. The first kappa shape index (κ1) is 19.2. The van der Waals surface area contributed by atoms with Gasteiger partial charge in [0.05, 0.1) is 10.6 Å². The lowest BCUT2D eigenvalue weighted by atomic mass is 10.1. The Kier molecular flexibility index (Phi) is 5.31. The van der Waals surface area contributed by atoms with Crippen LogP contribution in [0.15, 0.2) is 53.4 Å². The number of benzene rings is 2. The van der Waals surface area contributed by atoms with Crippen molar-refractivity contribution >= 4 is 33.2 Å². The average Bonchev–Trinajstić information content (AvgIpc) is 3.15. The van der Waals surface area contributed by atoms with Gasteiger partial charge in [0.1, 0.15) is 0 Å². The van der Waals surface area contributed by atoms with Crippen molar-refractivity contribution in [2.24, 2.45) is 0 Å². The van der Waals surface area contributed by atoms with Crippen molar-refractivity contribution in [3.05, 3.63) is 59.1 Å². The topological polar surface area (TPSA) is 69.7 Å². The molecule has 2 saturated heterocycles. The summed E-state index contributed by atoms with van der Waals surface area (Å²) in [4.78, 5) is 17.3. The van der Waals surface area contributed by atoms with Crippen LogP contribution in [0.2, 0.25) is 5.02 Å². The average molecular weight is 420 g/mol. The second-order valence-corrected chi connectivity index (χ2v) is 9.35. The number of sulfonamides is 1. The van der Waals surface area contributed by atoms with E-state index in [-0.39, 0.29) is 10.8 Å². The van der Waals surface area contributed by atoms with E-state index in [4.69, 9.17) is 11.6 Å². The molecule has 0 bridgehead atoms. The molecule has 2 heterocycles. The smallest absolute Gasteiger partial charge is 0.261 e. The lowest BCUT2D eigenvalue weighted by Crippen LogP contribution is -2.52. The first-order chi connectivity index (χ1) is 13.4. The molecule has 0 radical (unpaired) electrons. The van der Waals surface area contributed by atoms with Crippen LogP contribution in [0.25, 0.3) is 0 Å². The molecule has 2 fully saturated rings. The monoisotopic (exact) mass is 419 g/mol. The highest BCUT2D eigenvalue weighted by atomic mass is 35.5. The number of amides is 1. The first-order valence-electron chi connectivity index (χ1n) is 9.34. The molecule has 2 aliphatic rings. The third-order valence-corrected chi connectivity index (χ3v) is 6.96. The van der Waals surface area contributed by atoms with Crippen LogP contribution < -0.4 is 4.72 Å². The predicted molar refractivity (Wildman–Crippen MR) is 109 cm³/mol. The Morgan fingerprint density at radius 1 is 1.07 bits per heavy atom. The zero-order chi connectivity index (χ0) is 19.7. The summed E-state index contributed by atoms with van der Waals surface area (Å²) in [6, 6.07) is 13.1. The van der Waals surface area contributed by atoms with Gasteiger partial charge >= 0.3 is 0 Å². The second kappa shape index (κ2) is 7.73. The van der Waals surface area contributed by atoms with Gasteiger partial charge in [0.25, 0.3) is 15.9 Å². The summed E-state index contributed by atoms with van der Waals surface area (Å²) in [5, 5.41) is 0.440. The Bertz CT molecular complexity index is 996. The molecule has 148 valence electrons. The van der Waals surface area contributed by atoms with Crippen LogP contribution in [0.3, 0.4) is 0 Å². The summed E-state index contributed by atoms with van der Waals surface area (Å²) in [6.45, 7) is 3.37. The number of fused-ring (bicyclic) bond motifs is 1. The van der Waals surface area contributed by atoms with Crippen molar-refractivity contribution < 1.29 is 13.2 Å². The van der Waals surface area contributed by atoms with Crippen LogP contribution in [0, 0.1) is 0 Å². The molecule has 28 heavy (non-hydrogen) atoms. The molecular formula is C20H22ClN3O3S. The molecular weight excluding hydrogens is 398 g/mol. The zero-order valence-corrected chi connectivity index (χ0v) is 16.9. The van der Waals surface area contributed by atoms with E-state index in [1.165, 1.54) is 24.6 Å². The molecule has 2 aromatic carbocycles. The fourth-order valence-electron chi connectivity index (χ4n) is 3.92. The van der Waals surface area contributed by atoms with Crippen LogP contribution in [-0.2, 0) is 10.0 Å². The van der Waals surface area contributed by atoms with E-state index in [1.54, 1.807) is 30.3 Å². The van der Waals surface area contributed by atoms with Gasteiger partial charge in [0, 0.05) is 36.3 Å². The SMILES string of the molecule is O=C(c1cccc(S(=O)(=O)Nc2cccc(Cl)c2)c1)N1CCN2CCC[C@@H]2C1. The van der Waals surface area contributed by atoms with Crippen LogP contribution >= 0.6 is 11.6 Å². The lowest BCUT2D eigenvalue weighted by Gasteiger charge is -2.37. The molecule has 4 rings (SSSR count). The van der Waals surface area contributed by atoms with Gasteiger partial charge in [-0.1, -0.05) is 23.7 Å². The largest absolute Gasteiger partial charge is 0.336 e. The summed E-state index contributed by atoms with van der Waals surface area (Å²) >= 11 is 5.92. The summed E-state index contributed by atoms with van der Waals surface area (Å²) in [6.07, 6.45) is 2.29. The molecule has 1 atom stereocenters. The van der Waals surface area contributed by atoms with Crippen LogP contribution in [-0.4, -0.2) is 56.3 Å². The number of hydrogen-bond donors (Lipinski definition) is 1. The normalized spacial score (nSPS) is 20.0. The maximum absolute atomic E-state index is 12.9. The van der Waals surface area contributed by atoms with E-state index < -0.39 is 10.0 Å². The standard InChI is InChI=1S/C20H22ClN3O3S/c21-16-5-2-6-17(13-16)22-28(26,27)19-8-1-4-15(12-19)20(25)24-11-10-23-9-3-7-18(23)14-24/h1-2,4-6,8,12-13,18,22H,3,7,9-11,14H2/t18-/m1/s1. The van der Waals surface area contributed by atoms with E-state index in [0.717, 1.165) is 19.5 Å². The molecule has 8 heteroatoms. The number of nitrogens with one attached hydrogen (secondary N) is 1. The molecule has 2 aromatic rings. The Morgan fingerprint density at radius 2 is 1.89 bits per heavy atom. The van der Waals surface area contributed by atoms with E-state index in [9.17, 15) is 13.2 Å². The maximum atomic E-state index is 12.9. The molecule has 0 unspecified atom stereocenters. The predicted octanol–water partition coefficient (Wildman–Crippen LogP) is 3.06. The maximum Gasteiger partial charge on any atom is 0.261 e. The molecule has 0 spiro atoms. The van der Waals surface area contributed by atoms with Gasteiger partial charge in [0.15, 0.2) is 0 Å². The summed E-state index contributed by atoms with van der Waals surface area (Å²) < 4.78 is 28.0. The minimum absolute atomic E-state index is 0.0535. The number of anilines is 1. The molecule has 6 nitrogen and oxygen atoms in total. The van der Waals surface area contributed by atoms with Gasteiger partial charge in [-0.3, -0.25) is 14.4 Å². The molecule has 2 aliphatic heterocycles. The Labute approximate surface area is 170 Å². The third kappa shape index (κ3) is 4.01. The minimum Gasteiger partial charge on any atom is -0.336 e. The Morgan fingerprint density at radius 3 is 2.71 bits per heavy atom. The number of carbonyl (C=O) groups excluding carboxylic acids is 1. The molecule has 1 amide bonds. The molecule has 0 aromatic heterocycles. The van der Waals surface area contributed by atoms with Crippen LogP contribution in [0.1, 0.15) is 23.2 Å². The van der Waals surface area contributed by atoms with Gasteiger partial charge in [-0.25, -0.2) is 8.42 Å². The Hall–Kier alpha value is -2.09. The van der Waals surface area contributed by atoms with Crippen LogP contribution in [0.5, 0.6) is 0 Å². The van der Waals surface area contributed by atoms with Crippen molar-refractivity contribution in [1.29, 1.82) is 0 Å². The lowest BCUT2D eigenvalue weighted by molar-refractivity contribution is 0.0571. The van der Waals surface area contributed by atoms with Crippen molar-refractivity contribution in [1.82, 2.24) is 9.80 Å². The number of carbonyl (C=O) groups is 1.